The van der Waals surface area contributed by atoms with E-state index in [1.54, 1.807) is 34.1 Å². The average molecular weight is 871 g/mol. The molecule has 0 unspecified atom stereocenters. The molecule has 2 aromatic heterocycles. The topological polar surface area (TPSA) is 127 Å². The van der Waals surface area contributed by atoms with Crippen LogP contribution in [0.4, 0.5) is 4.79 Å². The highest BCUT2D eigenvalue weighted by atomic mass is 28.4. The van der Waals surface area contributed by atoms with Gasteiger partial charge in [0.1, 0.15) is 17.4 Å². The molecule has 1 aliphatic rings. The highest BCUT2D eigenvalue weighted by Crippen LogP contribution is 2.45. The second kappa shape index (κ2) is 20.1. The van der Waals surface area contributed by atoms with Gasteiger partial charge in [-0.15, -0.1) is 0 Å². The molecule has 340 valence electrons. The van der Waals surface area contributed by atoms with Gasteiger partial charge in [0.15, 0.2) is 0 Å². The fraction of sp³-hybridized carbons (Fsp3) is 0.580. The Morgan fingerprint density at radius 2 is 1.66 bits per heavy atom. The number of benzene rings is 2. The number of aliphatic hydroxyl groups excluding tert-OH is 1. The molecule has 1 aliphatic heterocycles. The first-order chi connectivity index (χ1) is 29.5. The number of rotatable bonds is 17. The number of amides is 2. The predicted octanol–water partition coefficient (Wildman–Crippen LogP) is 10.8. The summed E-state index contributed by atoms with van der Waals surface area (Å²) in [4.78, 5) is 32.5. The van der Waals surface area contributed by atoms with Gasteiger partial charge in [-0.1, -0.05) is 67.5 Å². The number of aromatic nitrogens is 2. The largest absolute Gasteiger partial charge is 0.543 e. The first kappa shape index (κ1) is 47.3. The summed E-state index contributed by atoms with van der Waals surface area (Å²) < 4.78 is 29.6. The van der Waals surface area contributed by atoms with Gasteiger partial charge in [-0.2, -0.15) is 0 Å². The van der Waals surface area contributed by atoms with Crippen molar-refractivity contribution in [3.05, 3.63) is 71.5 Å². The number of ether oxygens (including phenoxy) is 2. The lowest BCUT2D eigenvalue weighted by atomic mass is 9.84. The van der Waals surface area contributed by atoms with Gasteiger partial charge in [0.25, 0.3) is 14.2 Å². The summed E-state index contributed by atoms with van der Waals surface area (Å²) in [7, 11) is -0.751. The fourth-order valence-electron chi connectivity index (χ4n) is 9.41. The number of hydrogen-bond acceptors (Lipinski definition) is 8. The van der Waals surface area contributed by atoms with Crippen molar-refractivity contribution in [1.29, 1.82) is 0 Å². The minimum absolute atomic E-state index is 0.0157. The lowest BCUT2D eigenvalue weighted by molar-refractivity contribution is -0.137. The molecule has 3 N–H and O–H groups in total. The van der Waals surface area contributed by atoms with Crippen LogP contribution >= 0.6 is 0 Å². The first-order valence-electron chi connectivity index (χ1n) is 23.2. The van der Waals surface area contributed by atoms with Crippen molar-refractivity contribution in [3.63, 3.8) is 0 Å². The quantitative estimate of drug-likeness (QED) is 0.0896. The Morgan fingerprint density at radius 3 is 2.26 bits per heavy atom. The maximum atomic E-state index is 14.3. The smallest absolute Gasteiger partial charge is 0.408 e. The first-order valence-corrected chi connectivity index (χ1v) is 24.8. The second-order valence-corrected chi connectivity index (χ2v) is 25.1. The number of nitrogens with one attached hydrogen (secondary N) is 2. The highest BCUT2D eigenvalue weighted by molar-refractivity contribution is 6.78. The van der Waals surface area contributed by atoms with Crippen molar-refractivity contribution < 1.29 is 30.0 Å². The van der Waals surface area contributed by atoms with Gasteiger partial charge in [0, 0.05) is 63.8 Å². The Morgan fingerprint density at radius 1 is 0.968 bits per heavy atom. The Labute approximate surface area is 373 Å². The molecule has 0 saturated carbocycles. The molecule has 3 atom stereocenters. The van der Waals surface area contributed by atoms with E-state index in [1.807, 2.05) is 19.1 Å². The van der Waals surface area contributed by atoms with Crippen molar-refractivity contribution in [2.24, 2.45) is 5.41 Å². The zero-order valence-electron chi connectivity index (χ0n) is 40.9. The Hall–Kier alpha value is -4.23. The number of aryl methyl sites for hydroxylation is 1. The molecule has 2 aromatic carbocycles. The number of nitrogens with zero attached hydrogens (tertiary/aromatic N) is 3. The van der Waals surface area contributed by atoms with E-state index in [1.165, 1.54) is 5.01 Å². The Balaban J connectivity index is 1.76. The van der Waals surface area contributed by atoms with Crippen molar-refractivity contribution in [1.82, 2.24) is 25.3 Å². The van der Waals surface area contributed by atoms with Crippen LogP contribution in [0.1, 0.15) is 127 Å². The molecule has 11 nitrogen and oxygen atoms in total. The maximum Gasteiger partial charge on any atom is 0.408 e. The van der Waals surface area contributed by atoms with E-state index in [9.17, 15) is 14.7 Å². The van der Waals surface area contributed by atoms with Gasteiger partial charge in [-0.25, -0.2) is 10.2 Å². The summed E-state index contributed by atoms with van der Waals surface area (Å²) in [5, 5.41) is 16.1. The normalized spacial score (nSPS) is 16.5. The lowest BCUT2D eigenvalue weighted by Gasteiger charge is -2.42. The number of pyridine rings is 1. The monoisotopic (exact) mass is 871 g/mol. The number of carbonyl (C=O) groups excluding carboxylic acids is 2. The minimum atomic E-state index is -2.45. The molecule has 62 heavy (non-hydrogen) atoms. The van der Waals surface area contributed by atoms with Crippen LogP contribution in [0.15, 0.2) is 54.7 Å². The number of hydrazine groups is 1. The van der Waals surface area contributed by atoms with Crippen LogP contribution in [-0.4, -0.2) is 78.4 Å². The zero-order chi connectivity index (χ0) is 46.6. The summed E-state index contributed by atoms with van der Waals surface area (Å²) in [6.45, 7) is 27.9. The van der Waals surface area contributed by atoms with E-state index < -0.39 is 38.0 Å². The Bertz CT molecular complexity index is 2190. The number of alkyl carbamates (subject to hydrolysis) is 1. The molecule has 2 amide bonds. The van der Waals surface area contributed by atoms with Crippen LogP contribution in [0.2, 0.25) is 16.6 Å². The molecule has 0 spiro atoms. The fourth-order valence-corrected chi connectivity index (χ4v) is 14.6. The average Bonchev–Trinajstić information content (AvgIpc) is 3.52. The summed E-state index contributed by atoms with van der Waals surface area (Å²) in [5.74, 6) is 0.405. The van der Waals surface area contributed by atoms with Crippen LogP contribution in [0, 0.1) is 5.41 Å². The third kappa shape index (κ3) is 10.9. The van der Waals surface area contributed by atoms with Gasteiger partial charge in [0.05, 0.1) is 17.5 Å². The van der Waals surface area contributed by atoms with E-state index >= 15 is 0 Å². The molecule has 1 saturated heterocycles. The van der Waals surface area contributed by atoms with E-state index in [2.05, 4.69) is 114 Å². The zero-order valence-corrected chi connectivity index (χ0v) is 40.9. The maximum absolute atomic E-state index is 14.3. The number of carbonyl (C=O) groups is 2. The van der Waals surface area contributed by atoms with E-state index in [0.717, 1.165) is 55.9 Å². The van der Waals surface area contributed by atoms with E-state index in [-0.39, 0.29) is 25.0 Å². The minimum Gasteiger partial charge on any atom is -0.543 e. The summed E-state index contributed by atoms with van der Waals surface area (Å²) in [6.07, 6.45) is 2.98. The van der Waals surface area contributed by atoms with E-state index in [4.69, 9.17) is 20.3 Å². The van der Waals surface area contributed by atoms with Crippen molar-refractivity contribution in [3.8, 4) is 28.1 Å². The van der Waals surface area contributed by atoms with Crippen LogP contribution in [0.3, 0.4) is 0 Å². The number of methoxy groups -OCH3 is 1. The second-order valence-electron chi connectivity index (χ2n) is 19.8. The van der Waals surface area contributed by atoms with Crippen LogP contribution < -0.4 is 15.2 Å². The number of fused-ring (bicyclic) bond motifs is 1. The summed E-state index contributed by atoms with van der Waals surface area (Å²) in [6, 6.07) is 15.9. The molecule has 0 bridgehead atoms. The van der Waals surface area contributed by atoms with E-state index in [0.29, 0.717) is 49.0 Å². The third-order valence-electron chi connectivity index (χ3n) is 12.4. The predicted molar refractivity (Wildman–Crippen MR) is 254 cm³/mol. The molecule has 12 heteroatoms. The van der Waals surface area contributed by atoms with Gasteiger partial charge >= 0.3 is 6.09 Å². The van der Waals surface area contributed by atoms with Crippen molar-refractivity contribution in [2.45, 2.75) is 157 Å². The summed E-state index contributed by atoms with van der Waals surface area (Å²) >= 11 is 0. The SMILES string of the molecule is [2H][C@H]1CCCN(C(=O)[C@H](Cc2cc(O[Si](C(C)C)(C(C)C)C(C)C)cc(-c3ccc4c(c3)c(CC(C)(C)CO)c(-c3cccnc3[C@H](C)OC)n4CC)c2)NC(=O)OC(C)(C)C)N1. The highest BCUT2D eigenvalue weighted by Gasteiger charge is 2.47. The molecule has 0 radical (unpaired) electrons. The van der Waals surface area contributed by atoms with Crippen LogP contribution in [0.25, 0.3) is 33.3 Å². The van der Waals surface area contributed by atoms with Gasteiger partial charge in [-0.05, 0) is 135 Å². The van der Waals surface area contributed by atoms with Gasteiger partial charge in [0.2, 0.25) is 0 Å². The molecular formula is C50H75N5O6Si. The molecule has 5 rings (SSSR count). The number of aliphatic hydroxyl groups is 1. The third-order valence-corrected chi connectivity index (χ3v) is 18.4. The van der Waals surface area contributed by atoms with Gasteiger partial charge in [-0.3, -0.25) is 14.8 Å². The van der Waals surface area contributed by atoms with Crippen molar-refractivity contribution >= 4 is 31.2 Å². The molecule has 1 fully saturated rings. The van der Waals surface area contributed by atoms with Crippen LogP contribution in [0.5, 0.6) is 5.75 Å². The summed E-state index contributed by atoms with van der Waals surface area (Å²) in [5.41, 5.74) is 10.6. The molecule has 0 aliphatic carbocycles. The molecule has 3 heterocycles. The molecule has 4 aromatic rings. The standard InChI is InChI=1S/C50H75N5O6Si/c1-15-54-44-21-20-37(29-41(44)42(30-50(12,13)31-56)46(54)40-19-18-22-51-45(40)35(8)59-14)38-25-36(26-39(28-38)61-62(32(2)3,33(4)5)34(6)7)27-43(53-48(58)60-49(9,10)11)47(57)55-24-17-16-23-52-55/h18-22,25-26,28-29,32-35,43,52,56H,15-17,23-24,27,30-31H2,1-14H3,(H,53,58)/t35-,43-/m0/s1/i23D/t23-,35-,43-. The van der Waals surface area contributed by atoms with Crippen LogP contribution in [-0.2, 0) is 33.7 Å². The van der Waals surface area contributed by atoms with Gasteiger partial charge < -0.3 is 28.9 Å². The van der Waals surface area contributed by atoms with Crippen molar-refractivity contribution in [2.75, 3.05) is 26.8 Å². The lowest BCUT2D eigenvalue weighted by Crippen LogP contribution is -2.56. The molecular weight excluding hydrogens is 795 g/mol. The Kier molecular flexibility index (Phi) is 15.3. The number of hydrogen-bond donors (Lipinski definition) is 3.